The monoisotopic (exact) mass is 1790 g/mol. The van der Waals surface area contributed by atoms with Gasteiger partial charge in [0, 0.05) is 104 Å². The summed E-state index contributed by atoms with van der Waals surface area (Å²) in [5.74, 6) is 5.93. The number of aromatic amines is 4. The minimum absolute atomic E-state index is 0.0109. The van der Waals surface area contributed by atoms with Crippen LogP contribution in [0.2, 0.25) is 0 Å². The number of benzene rings is 2. The molecule has 672 valence electrons. The van der Waals surface area contributed by atoms with E-state index < -0.39 is 0 Å². The minimum Gasteiger partial charge on any atom is -0.457 e. The lowest BCUT2D eigenvalue weighted by atomic mass is 10.0. The number of nitrogens with one attached hydrogen (secondary N) is 4. The van der Waals surface area contributed by atoms with E-state index in [1.54, 1.807) is 50.2 Å². The lowest BCUT2D eigenvalue weighted by molar-refractivity contribution is -0.132. The molecule has 22 rings (SSSR count). The fourth-order valence-electron chi connectivity index (χ4n) is 17.0. The number of rotatable bonds is 23. The molecule has 3 aliphatic heterocycles. The van der Waals surface area contributed by atoms with Crippen LogP contribution in [0.5, 0.6) is 11.5 Å². The van der Waals surface area contributed by atoms with Crippen molar-refractivity contribution in [3.63, 3.8) is 0 Å². The number of ketones is 1. The number of nitrogens with two attached hydrogens (primary N) is 1. The number of Topliss-reactive ketones (excluding diaryl/α,β-unsaturated/α-hetero) is 1. The molecular formula is C98H95N31O5. The number of fused-ring (bicyclic) bond motifs is 5. The maximum absolute atomic E-state index is 13.5. The molecule has 8 fully saturated rings. The average Bonchev–Trinajstić information content (AvgIpc) is 1.53. The zero-order valence-electron chi connectivity index (χ0n) is 73.7. The molecule has 3 saturated heterocycles. The Morgan fingerprint density at radius 2 is 1.11 bits per heavy atom. The summed E-state index contributed by atoms with van der Waals surface area (Å²) in [7, 11) is 0. The zero-order valence-corrected chi connectivity index (χ0v) is 73.7. The van der Waals surface area contributed by atoms with Crippen LogP contribution < -0.4 is 20.3 Å². The Bertz CT molecular complexity index is 6940. The summed E-state index contributed by atoms with van der Waals surface area (Å²) in [4.78, 5) is 128. The highest BCUT2D eigenvalue weighted by Crippen LogP contribution is 2.42. The summed E-state index contributed by atoms with van der Waals surface area (Å²) in [5, 5.41) is 31.1. The first-order valence-corrected chi connectivity index (χ1v) is 45.3. The quantitative estimate of drug-likeness (QED) is 0.0225. The lowest BCUT2D eigenvalue weighted by Gasteiger charge is -2.39. The molecule has 3 amide bonds. The van der Waals surface area contributed by atoms with Crippen LogP contribution in [-0.2, 0) is 19.2 Å². The second-order valence-corrected chi connectivity index (χ2v) is 34.3. The molecule has 0 bridgehead atoms. The molecule has 8 aliphatic rings. The van der Waals surface area contributed by atoms with Gasteiger partial charge in [0.25, 0.3) is 23.5 Å². The predicted octanol–water partition coefficient (Wildman–Crippen LogP) is 16.6. The fourth-order valence-corrected chi connectivity index (χ4v) is 17.0. The van der Waals surface area contributed by atoms with E-state index in [0.717, 1.165) is 188 Å². The van der Waals surface area contributed by atoms with Gasteiger partial charge in [0.1, 0.15) is 118 Å². The number of carbonyl (C=O) groups is 4. The number of carbonyl (C=O) groups excluding carboxylic acids is 4. The third-order valence-corrected chi connectivity index (χ3v) is 24.8. The Morgan fingerprint density at radius 3 is 1.75 bits per heavy atom. The van der Waals surface area contributed by atoms with Gasteiger partial charge in [0.05, 0.1) is 47.6 Å². The smallest absolute Gasteiger partial charge is 0.264 e. The van der Waals surface area contributed by atoms with Crippen LogP contribution in [-0.4, -0.2) is 182 Å². The number of anilines is 3. The van der Waals surface area contributed by atoms with Gasteiger partial charge in [-0.05, 0) is 199 Å². The number of amides is 3. The van der Waals surface area contributed by atoms with Gasteiger partial charge in [-0.3, -0.25) is 19.3 Å². The average molecular weight is 1790 g/mol. The highest BCUT2D eigenvalue weighted by molar-refractivity contribution is 6.10. The number of likely N-dealkylation sites (tertiary alicyclic amines) is 2. The highest BCUT2D eigenvalue weighted by atomic mass is 16.5. The predicted molar refractivity (Wildman–Crippen MR) is 503 cm³/mol. The Morgan fingerprint density at radius 1 is 0.552 bits per heavy atom. The molecule has 5 saturated carbocycles. The fraction of sp³-hybridized carbons (Fsp3) is 0.337. The van der Waals surface area contributed by atoms with E-state index in [2.05, 4.69) is 116 Å². The number of para-hydroxylation sites is 1. The second kappa shape index (κ2) is 40.2. The van der Waals surface area contributed by atoms with E-state index >= 15 is 0 Å². The molecule has 2 unspecified atom stereocenters. The largest absolute Gasteiger partial charge is 0.457 e. The minimum atomic E-state index is -0.344. The number of nitrogen functional groups attached to an aromatic ring is 1. The number of aromatic nitrogens is 21. The molecule has 36 heteroatoms. The number of H-pyrrole nitrogens is 4. The number of piperidine rings is 2. The van der Waals surface area contributed by atoms with Crippen molar-refractivity contribution < 1.29 is 23.9 Å². The van der Waals surface area contributed by atoms with Gasteiger partial charge >= 0.3 is 0 Å². The first-order valence-electron chi connectivity index (χ1n) is 45.3. The number of hydrogen-bond donors (Lipinski definition) is 5. The Hall–Kier alpha value is -16.6. The zero-order chi connectivity index (χ0) is 92.1. The van der Waals surface area contributed by atoms with E-state index in [4.69, 9.17) is 41.9 Å². The standard InChI is InChI=1S/C29H27N7O2.C21H24N6O2.C19H21N5O.C15H12N6.C14H11N7/c30-16-21(15-19-8-9-19)29(37)35-14-4-5-22(17-35)36-28-25(27(31)32-18-33-28)26(34-36)20-10-12-24(13-11-20)38-23-6-2-1-3-7-23;1-3-18(28)26-10-4-5-15(12-26)27(21(29)17(22-2)11-14-6-7-14)20-16-8-9-23-19(16)24-13-25-20;1-20-16(11-13-4-5-13)17(25)7-6-14-3-2-10-24(14)19-15-8-9-21-18(15)22-12-23-19;1-16-13(8-10-2-3-10)21-12(5-7-20-21)14-11-4-6-17-15(11)19-9-18-14;1-15-12(6-9-2-3-9)21-11(7-19-20-21)13-10-4-5-16-14(10)18-8-17-13/h1-3,6-7,10-13,15,18-19,22H,4-5,8-9,14,17H2,(H2,31,32,33);8-9,11,13-15H,3-7,10,12H2,1H3,(H,23,24,25);8-9,11-14H,2-7,10H2,(H,21,22,23);4-10H,2-3H2,(H,17,18,19);4-9H,2-3H2,(H,16,17,18)/b21-15+;17-11-;16-11-;13-8+;12-6+/t;15-;;;/m.1.../s1. The summed E-state index contributed by atoms with van der Waals surface area (Å²) in [5.41, 5.74) is 15.2. The summed E-state index contributed by atoms with van der Waals surface area (Å²) in [6.45, 7) is 34.6. The molecule has 5 aliphatic carbocycles. The van der Waals surface area contributed by atoms with E-state index in [9.17, 15) is 24.4 Å². The van der Waals surface area contributed by atoms with Crippen molar-refractivity contribution in [1.82, 2.24) is 114 Å². The lowest BCUT2D eigenvalue weighted by Crippen LogP contribution is -2.52. The molecule has 134 heavy (non-hydrogen) atoms. The van der Waals surface area contributed by atoms with Gasteiger partial charge in [0.15, 0.2) is 22.8 Å². The maximum Gasteiger partial charge on any atom is 0.264 e. The molecule has 15 heterocycles. The van der Waals surface area contributed by atoms with Crippen molar-refractivity contribution in [2.75, 3.05) is 48.3 Å². The van der Waals surface area contributed by atoms with Crippen molar-refractivity contribution >= 4 is 108 Å². The van der Waals surface area contributed by atoms with Gasteiger partial charge in [-0.15, -0.1) is 14.9 Å². The number of ether oxygens (including phenoxy) is 1. The Kier molecular flexibility index (Phi) is 26.4. The molecule has 0 spiro atoms. The number of nitriles is 1. The third-order valence-electron chi connectivity index (χ3n) is 24.8. The van der Waals surface area contributed by atoms with Gasteiger partial charge in [-0.2, -0.15) is 15.0 Å². The van der Waals surface area contributed by atoms with Crippen molar-refractivity contribution in [3.05, 3.63) is 247 Å². The van der Waals surface area contributed by atoms with Crippen molar-refractivity contribution in [2.45, 2.75) is 147 Å². The molecular weight excluding hydrogens is 1690 g/mol. The number of nitrogens with zero attached hydrogens (tertiary/aromatic N) is 26. The van der Waals surface area contributed by atoms with Crippen molar-refractivity contribution in [3.8, 4) is 51.6 Å². The Labute approximate surface area is 770 Å². The molecule has 2 aromatic carbocycles. The van der Waals surface area contributed by atoms with Crippen LogP contribution in [0.1, 0.15) is 135 Å². The van der Waals surface area contributed by atoms with Crippen molar-refractivity contribution in [2.24, 2.45) is 29.6 Å². The number of hydrogen-bond acceptors (Lipinski definition) is 22. The Balaban J connectivity index is 0.000000114. The second-order valence-electron chi connectivity index (χ2n) is 34.3. The SMILES string of the molecule is N#C/C(=C\C1CC1)C(=O)N1CCCC(n2nc(-c3ccc(Oc4ccccc4)cc3)c3c(N)ncnc32)C1.[C-]#[N+]/C(=C\C1CC1)C(=O)CCC1CCCN1c1ncnc2[nH]ccc12.[C-]#[N+]/C(=C\C1CC1)C(=O)N(c1ncnc2[nH]ccc12)[C@@H]1CCCN(C(=O)CC)C1.[C-]#[N+]/C(=C\C1CC1)n1nccc1-c1ncnc2[nH]ccc12.[C-]#[N+]/C(=C\C1CC1)n1nncc1-c1ncnc2[nH]ccc12. The highest BCUT2D eigenvalue weighted by Gasteiger charge is 2.38. The topological polar surface area (TPSA) is 416 Å². The third kappa shape index (κ3) is 20.2. The van der Waals surface area contributed by atoms with Crippen LogP contribution in [0.15, 0.2) is 201 Å². The van der Waals surface area contributed by atoms with Crippen LogP contribution in [0, 0.1) is 67.2 Å². The van der Waals surface area contributed by atoms with Gasteiger partial charge in [-0.1, -0.05) is 68.6 Å². The number of allylic oxidation sites excluding steroid dienone is 6. The van der Waals surface area contributed by atoms with Crippen LogP contribution in [0.25, 0.3) is 120 Å². The van der Waals surface area contributed by atoms with E-state index in [1.165, 1.54) is 25.3 Å². The normalized spacial score (nSPS) is 18.0. The van der Waals surface area contributed by atoms with Crippen molar-refractivity contribution in [1.29, 1.82) is 5.26 Å². The maximum atomic E-state index is 13.5. The van der Waals surface area contributed by atoms with E-state index in [1.807, 2.05) is 144 Å². The molecule has 0 radical (unpaired) electrons. The van der Waals surface area contributed by atoms with Crippen LogP contribution in [0.4, 0.5) is 17.5 Å². The van der Waals surface area contributed by atoms with E-state index in [0.29, 0.717) is 137 Å². The molecule has 6 N–H and O–H groups in total. The van der Waals surface area contributed by atoms with Gasteiger partial charge < -0.3 is 59.6 Å². The molecule has 12 aromatic heterocycles. The summed E-state index contributed by atoms with van der Waals surface area (Å²) < 4.78 is 11.0. The molecule has 14 aromatic rings. The summed E-state index contributed by atoms with van der Waals surface area (Å²) in [6, 6.07) is 28.9. The molecule has 3 atom stereocenters. The summed E-state index contributed by atoms with van der Waals surface area (Å²) >= 11 is 0. The molecule has 36 nitrogen and oxygen atoms in total. The van der Waals surface area contributed by atoms with Crippen LogP contribution >= 0.6 is 0 Å². The van der Waals surface area contributed by atoms with E-state index in [-0.39, 0.29) is 46.9 Å². The van der Waals surface area contributed by atoms with Crippen LogP contribution in [0.3, 0.4) is 0 Å². The summed E-state index contributed by atoms with van der Waals surface area (Å²) in [6.07, 6.45) is 45.5. The van der Waals surface area contributed by atoms with Gasteiger partial charge in [0.2, 0.25) is 17.3 Å². The van der Waals surface area contributed by atoms with Gasteiger partial charge in [-0.25, -0.2) is 64.2 Å². The first-order chi connectivity index (χ1) is 65.7. The first kappa shape index (κ1) is 88.1.